The SMILES string of the molecule is CN1OC(COC(=O)c2ccccc2)CC1(Cn1ccnc1)c1ccc(Cl)cc1. The van der Waals surface area contributed by atoms with Gasteiger partial charge in [0.15, 0.2) is 0 Å². The van der Waals surface area contributed by atoms with Crippen LogP contribution in [0.15, 0.2) is 73.3 Å². The van der Waals surface area contributed by atoms with E-state index in [0.29, 0.717) is 23.6 Å². The standard InChI is InChI=1S/C22H22ClN3O3/c1-25-22(15-26-12-11-24-16-26,18-7-9-19(23)10-8-18)13-20(29-25)14-28-21(27)17-5-3-2-4-6-17/h2-12,16,20H,13-15H2,1H3. The summed E-state index contributed by atoms with van der Waals surface area (Å²) in [5.41, 5.74) is 1.17. The molecular weight excluding hydrogens is 390 g/mol. The molecule has 2 aromatic carbocycles. The molecule has 1 aliphatic rings. The second-order valence-electron chi connectivity index (χ2n) is 7.17. The molecule has 2 unspecified atom stereocenters. The van der Waals surface area contributed by atoms with Crippen molar-refractivity contribution in [3.05, 3.63) is 89.5 Å². The number of likely N-dealkylation sites (N-methyl/N-ethyl adjacent to an activating group) is 1. The maximum absolute atomic E-state index is 12.3. The molecule has 1 aromatic heterocycles. The summed E-state index contributed by atoms with van der Waals surface area (Å²) in [7, 11) is 1.91. The van der Waals surface area contributed by atoms with Crippen molar-refractivity contribution in [2.24, 2.45) is 0 Å². The summed E-state index contributed by atoms with van der Waals surface area (Å²) in [5, 5.41) is 2.54. The van der Waals surface area contributed by atoms with Gasteiger partial charge in [0.25, 0.3) is 0 Å². The van der Waals surface area contributed by atoms with Gasteiger partial charge in [0.1, 0.15) is 12.7 Å². The number of hydroxylamine groups is 2. The number of hydrogen-bond acceptors (Lipinski definition) is 5. The Balaban J connectivity index is 1.53. The van der Waals surface area contributed by atoms with E-state index in [-0.39, 0.29) is 18.7 Å². The van der Waals surface area contributed by atoms with Crippen molar-refractivity contribution in [3.8, 4) is 0 Å². The highest BCUT2D eigenvalue weighted by Gasteiger charge is 2.47. The average molecular weight is 412 g/mol. The summed E-state index contributed by atoms with van der Waals surface area (Å²) < 4.78 is 7.53. The highest BCUT2D eigenvalue weighted by atomic mass is 35.5. The average Bonchev–Trinajstić information content (AvgIpc) is 3.36. The minimum atomic E-state index is -0.435. The largest absolute Gasteiger partial charge is 0.459 e. The summed E-state index contributed by atoms with van der Waals surface area (Å²) >= 11 is 6.10. The Morgan fingerprint density at radius 3 is 2.69 bits per heavy atom. The van der Waals surface area contributed by atoms with Gasteiger partial charge in [0.05, 0.1) is 17.4 Å². The lowest BCUT2D eigenvalue weighted by Crippen LogP contribution is -2.41. The molecular formula is C22H22ClN3O3. The monoisotopic (exact) mass is 411 g/mol. The molecule has 1 aliphatic heterocycles. The van der Waals surface area contributed by atoms with Crippen LogP contribution in [-0.4, -0.2) is 40.3 Å². The van der Waals surface area contributed by atoms with Crippen LogP contribution >= 0.6 is 11.6 Å². The molecule has 3 aromatic rings. The zero-order valence-electron chi connectivity index (χ0n) is 16.1. The van der Waals surface area contributed by atoms with Crippen LogP contribution < -0.4 is 0 Å². The van der Waals surface area contributed by atoms with E-state index in [1.165, 1.54) is 0 Å². The van der Waals surface area contributed by atoms with Gasteiger partial charge in [-0.3, -0.25) is 4.84 Å². The number of aromatic nitrogens is 2. The molecule has 0 saturated carbocycles. The maximum Gasteiger partial charge on any atom is 0.338 e. The third-order valence-corrected chi connectivity index (χ3v) is 5.52. The zero-order valence-corrected chi connectivity index (χ0v) is 16.8. The molecule has 150 valence electrons. The first-order valence-electron chi connectivity index (χ1n) is 9.41. The summed E-state index contributed by atoms with van der Waals surface area (Å²) in [6, 6.07) is 16.7. The lowest BCUT2D eigenvalue weighted by atomic mass is 9.85. The van der Waals surface area contributed by atoms with E-state index in [0.717, 1.165) is 5.56 Å². The van der Waals surface area contributed by atoms with Crippen LogP contribution in [0, 0.1) is 0 Å². The van der Waals surface area contributed by atoms with Crippen molar-refractivity contribution < 1.29 is 14.4 Å². The number of hydrogen-bond donors (Lipinski definition) is 0. The highest BCUT2D eigenvalue weighted by molar-refractivity contribution is 6.30. The fourth-order valence-corrected chi connectivity index (χ4v) is 3.91. The van der Waals surface area contributed by atoms with E-state index in [1.807, 2.05) is 65.3 Å². The van der Waals surface area contributed by atoms with Crippen molar-refractivity contribution in [1.29, 1.82) is 0 Å². The Morgan fingerprint density at radius 2 is 2.00 bits per heavy atom. The number of carbonyl (C=O) groups is 1. The lowest BCUT2D eigenvalue weighted by Gasteiger charge is -2.34. The Labute approximate surface area is 174 Å². The van der Waals surface area contributed by atoms with Crippen LogP contribution in [0.25, 0.3) is 0 Å². The number of ether oxygens (including phenoxy) is 1. The van der Waals surface area contributed by atoms with Crippen LogP contribution in [0.4, 0.5) is 0 Å². The van der Waals surface area contributed by atoms with Gasteiger partial charge in [-0.15, -0.1) is 0 Å². The predicted molar refractivity (Wildman–Crippen MR) is 109 cm³/mol. The third kappa shape index (κ3) is 4.19. The first kappa shape index (κ1) is 19.6. The number of halogens is 1. The van der Waals surface area contributed by atoms with Crippen molar-refractivity contribution in [2.45, 2.75) is 24.6 Å². The van der Waals surface area contributed by atoms with E-state index in [1.54, 1.807) is 24.7 Å². The van der Waals surface area contributed by atoms with Gasteiger partial charge < -0.3 is 9.30 Å². The van der Waals surface area contributed by atoms with E-state index >= 15 is 0 Å². The zero-order chi connectivity index (χ0) is 20.3. The summed E-state index contributed by atoms with van der Waals surface area (Å²) in [4.78, 5) is 22.5. The van der Waals surface area contributed by atoms with Gasteiger partial charge >= 0.3 is 5.97 Å². The van der Waals surface area contributed by atoms with Gasteiger partial charge in [-0.05, 0) is 29.8 Å². The minimum absolute atomic E-state index is 0.178. The van der Waals surface area contributed by atoms with E-state index in [9.17, 15) is 4.79 Å². The number of nitrogens with zero attached hydrogens (tertiary/aromatic N) is 3. The van der Waals surface area contributed by atoms with Crippen LogP contribution in [0.1, 0.15) is 22.3 Å². The van der Waals surface area contributed by atoms with Crippen LogP contribution in [0.2, 0.25) is 5.02 Å². The normalized spacial score (nSPS) is 21.9. The van der Waals surface area contributed by atoms with Crippen molar-refractivity contribution in [1.82, 2.24) is 14.6 Å². The fourth-order valence-electron chi connectivity index (χ4n) is 3.78. The summed E-state index contributed by atoms with van der Waals surface area (Å²) in [6.07, 6.45) is 5.87. The molecule has 0 amide bonds. The first-order valence-corrected chi connectivity index (χ1v) is 9.79. The quantitative estimate of drug-likeness (QED) is 0.575. The number of benzene rings is 2. The van der Waals surface area contributed by atoms with Gasteiger partial charge in [-0.1, -0.05) is 41.9 Å². The molecule has 29 heavy (non-hydrogen) atoms. The maximum atomic E-state index is 12.3. The number of esters is 1. The van der Waals surface area contributed by atoms with Crippen molar-refractivity contribution in [2.75, 3.05) is 13.7 Å². The van der Waals surface area contributed by atoms with Crippen LogP contribution in [0.5, 0.6) is 0 Å². The Bertz CT molecular complexity index is 947. The molecule has 1 fully saturated rings. The van der Waals surface area contributed by atoms with Gasteiger partial charge in [0.2, 0.25) is 0 Å². The smallest absolute Gasteiger partial charge is 0.338 e. The molecule has 6 nitrogen and oxygen atoms in total. The van der Waals surface area contributed by atoms with Gasteiger partial charge in [-0.2, -0.15) is 5.06 Å². The summed E-state index contributed by atoms with van der Waals surface area (Å²) in [6.45, 7) is 0.825. The molecule has 1 saturated heterocycles. The molecule has 2 heterocycles. The summed E-state index contributed by atoms with van der Waals surface area (Å²) in [5.74, 6) is -0.351. The lowest BCUT2D eigenvalue weighted by molar-refractivity contribution is -0.181. The Morgan fingerprint density at radius 1 is 1.24 bits per heavy atom. The highest BCUT2D eigenvalue weighted by Crippen LogP contribution is 2.41. The van der Waals surface area contributed by atoms with E-state index in [4.69, 9.17) is 21.2 Å². The van der Waals surface area contributed by atoms with Crippen LogP contribution in [0.3, 0.4) is 0 Å². The van der Waals surface area contributed by atoms with Crippen molar-refractivity contribution in [3.63, 3.8) is 0 Å². The number of imidazole rings is 1. The van der Waals surface area contributed by atoms with E-state index < -0.39 is 5.54 Å². The minimum Gasteiger partial charge on any atom is -0.459 e. The molecule has 0 aliphatic carbocycles. The molecule has 4 rings (SSSR count). The van der Waals surface area contributed by atoms with E-state index in [2.05, 4.69) is 4.98 Å². The fraction of sp³-hybridized carbons (Fsp3) is 0.273. The molecule has 0 spiro atoms. The number of rotatable bonds is 6. The molecule has 7 heteroatoms. The molecule has 0 radical (unpaired) electrons. The van der Waals surface area contributed by atoms with Crippen molar-refractivity contribution >= 4 is 17.6 Å². The van der Waals surface area contributed by atoms with Crippen LogP contribution in [-0.2, 0) is 21.7 Å². The van der Waals surface area contributed by atoms with Gasteiger partial charge in [0, 0.05) is 37.4 Å². The molecule has 0 N–H and O–H groups in total. The topological polar surface area (TPSA) is 56.6 Å². The Kier molecular flexibility index (Phi) is 5.67. The predicted octanol–water partition coefficient (Wildman–Crippen LogP) is 3.92. The second-order valence-corrected chi connectivity index (χ2v) is 7.60. The molecule has 2 atom stereocenters. The molecule has 0 bridgehead atoms. The van der Waals surface area contributed by atoms with Gasteiger partial charge in [-0.25, -0.2) is 9.78 Å². The number of carbonyl (C=O) groups excluding carboxylic acids is 1. The Hall–Kier alpha value is -2.67. The third-order valence-electron chi connectivity index (χ3n) is 5.27. The first-order chi connectivity index (χ1) is 14.1. The second kappa shape index (κ2) is 8.37.